The summed E-state index contributed by atoms with van der Waals surface area (Å²) in [6.07, 6.45) is 0.0273. The van der Waals surface area contributed by atoms with Crippen molar-refractivity contribution in [3.63, 3.8) is 0 Å². The lowest BCUT2D eigenvalue weighted by Crippen LogP contribution is -2.25. The second-order valence-corrected chi connectivity index (χ2v) is 4.89. The van der Waals surface area contributed by atoms with Crippen molar-refractivity contribution in [3.05, 3.63) is 65.2 Å². The van der Waals surface area contributed by atoms with Crippen molar-refractivity contribution in [1.29, 1.82) is 0 Å². The highest BCUT2D eigenvalue weighted by Gasteiger charge is 2.26. The summed E-state index contributed by atoms with van der Waals surface area (Å²) in [5.74, 6) is -0.821. The molecule has 2 nitrogen and oxygen atoms in total. The third-order valence-corrected chi connectivity index (χ3v) is 3.24. The number of ether oxygens (including phenoxy) is 1. The Balaban J connectivity index is 2.33. The maximum absolute atomic E-state index is 14.1. The number of rotatable bonds is 4. The normalized spacial score (nSPS) is 13.8. The minimum Gasteiger partial charge on any atom is -0.494 e. The van der Waals surface area contributed by atoms with E-state index in [0.717, 1.165) is 0 Å². The van der Waals surface area contributed by atoms with Crippen molar-refractivity contribution >= 4 is 0 Å². The number of hydrogen-bond acceptors (Lipinski definition) is 2. The van der Waals surface area contributed by atoms with Crippen LogP contribution in [0.15, 0.2) is 42.5 Å². The van der Waals surface area contributed by atoms with Crippen molar-refractivity contribution in [1.82, 2.24) is 0 Å². The van der Waals surface area contributed by atoms with Gasteiger partial charge in [0.2, 0.25) is 0 Å². The Morgan fingerprint density at radius 2 is 1.85 bits per heavy atom. The van der Waals surface area contributed by atoms with Gasteiger partial charge in [-0.1, -0.05) is 24.3 Å². The fourth-order valence-electron chi connectivity index (χ4n) is 2.15. The Bertz CT molecular complexity index is 609. The molecule has 0 aliphatic carbocycles. The SMILES string of the molecule is COc1cccc(CC(C)(O)c2cccc(F)c2)c1F. The molecule has 0 bridgehead atoms. The molecule has 106 valence electrons. The Morgan fingerprint density at radius 1 is 1.15 bits per heavy atom. The molecule has 1 atom stereocenters. The number of benzene rings is 2. The van der Waals surface area contributed by atoms with Crippen LogP contribution in [0.2, 0.25) is 0 Å². The molecule has 0 heterocycles. The fraction of sp³-hybridized carbons (Fsp3) is 0.250. The van der Waals surface area contributed by atoms with Crippen LogP contribution < -0.4 is 4.74 Å². The smallest absolute Gasteiger partial charge is 0.168 e. The lowest BCUT2D eigenvalue weighted by molar-refractivity contribution is 0.0562. The molecular formula is C16H16F2O2. The van der Waals surface area contributed by atoms with Crippen molar-refractivity contribution < 1.29 is 18.6 Å². The van der Waals surface area contributed by atoms with Crippen LogP contribution in [0.25, 0.3) is 0 Å². The first kappa shape index (κ1) is 14.5. The Morgan fingerprint density at radius 3 is 2.50 bits per heavy atom. The average Bonchev–Trinajstić information content (AvgIpc) is 2.41. The molecule has 0 saturated carbocycles. The fourth-order valence-corrected chi connectivity index (χ4v) is 2.15. The summed E-state index contributed by atoms with van der Waals surface area (Å²) in [4.78, 5) is 0. The van der Waals surface area contributed by atoms with Gasteiger partial charge in [0.15, 0.2) is 11.6 Å². The van der Waals surface area contributed by atoms with Gasteiger partial charge in [0.05, 0.1) is 12.7 Å². The van der Waals surface area contributed by atoms with E-state index >= 15 is 0 Å². The Hall–Kier alpha value is -1.94. The largest absolute Gasteiger partial charge is 0.494 e. The van der Waals surface area contributed by atoms with Crippen molar-refractivity contribution in [2.75, 3.05) is 7.11 Å². The minimum absolute atomic E-state index is 0.0273. The molecule has 0 spiro atoms. The number of hydrogen-bond donors (Lipinski definition) is 1. The van der Waals surface area contributed by atoms with E-state index in [-0.39, 0.29) is 12.2 Å². The van der Waals surface area contributed by atoms with Gasteiger partial charge in [-0.3, -0.25) is 0 Å². The van der Waals surface area contributed by atoms with Crippen molar-refractivity contribution in [2.45, 2.75) is 18.9 Å². The van der Waals surface area contributed by atoms with Crippen LogP contribution in [0.3, 0.4) is 0 Å². The van der Waals surface area contributed by atoms with Crippen molar-refractivity contribution in [2.24, 2.45) is 0 Å². The highest BCUT2D eigenvalue weighted by atomic mass is 19.1. The minimum atomic E-state index is -1.37. The summed E-state index contributed by atoms with van der Waals surface area (Å²) in [5, 5.41) is 10.5. The summed E-state index contributed by atoms with van der Waals surface area (Å²) in [6, 6.07) is 10.4. The van der Waals surface area contributed by atoms with Gasteiger partial charge >= 0.3 is 0 Å². The Kier molecular flexibility index (Phi) is 4.04. The van der Waals surface area contributed by atoms with Gasteiger partial charge in [-0.25, -0.2) is 8.78 Å². The third kappa shape index (κ3) is 2.96. The molecule has 0 fully saturated rings. The first-order valence-corrected chi connectivity index (χ1v) is 6.24. The van der Waals surface area contributed by atoms with E-state index in [0.29, 0.717) is 11.1 Å². The topological polar surface area (TPSA) is 29.5 Å². The predicted octanol–water partition coefficient (Wildman–Crippen LogP) is 3.42. The van der Waals surface area contributed by atoms with Crippen LogP contribution in [0, 0.1) is 11.6 Å². The number of aliphatic hydroxyl groups is 1. The van der Waals surface area contributed by atoms with Crippen LogP contribution in [0.1, 0.15) is 18.1 Å². The van der Waals surface area contributed by atoms with Gasteiger partial charge in [-0.05, 0) is 36.2 Å². The molecule has 0 aromatic heterocycles. The van der Waals surface area contributed by atoms with Crippen LogP contribution >= 0.6 is 0 Å². The molecule has 1 N–H and O–H groups in total. The van der Waals surface area contributed by atoms with Gasteiger partial charge in [-0.15, -0.1) is 0 Å². The highest BCUT2D eigenvalue weighted by molar-refractivity contribution is 5.33. The van der Waals surface area contributed by atoms with E-state index in [1.165, 1.54) is 38.3 Å². The second-order valence-electron chi connectivity index (χ2n) is 4.89. The van der Waals surface area contributed by atoms with Gasteiger partial charge in [0.1, 0.15) is 5.82 Å². The molecule has 2 aromatic rings. The Labute approximate surface area is 116 Å². The molecule has 0 radical (unpaired) electrons. The molecule has 1 unspecified atom stereocenters. The quantitative estimate of drug-likeness (QED) is 0.928. The predicted molar refractivity (Wildman–Crippen MR) is 72.6 cm³/mol. The molecular weight excluding hydrogens is 262 g/mol. The van der Waals surface area contributed by atoms with Gasteiger partial charge in [-0.2, -0.15) is 0 Å². The van der Waals surface area contributed by atoms with Crippen LogP contribution in [-0.4, -0.2) is 12.2 Å². The van der Waals surface area contributed by atoms with Gasteiger partial charge in [0, 0.05) is 6.42 Å². The molecule has 2 rings (SSSR count). The monoisotopic (exact) mass is 278 g/mol. The summed E-state index contributed by atoms with van der Waals surface area (Å²) in [6.45, 7) is 1.53. The number of methoxy groups -OCH3 is 1. The number of halogens is 2. The van der Waals surface area contributed by atoms with Gasteiger partial charge < -0.3 is 9.84 Å². The first-order chi connectivity index (χ1) is 9.44. The summed E-state index contributed by atoms with van der Waals surface area (Å²) in [7, 11) is 1.38. The molecule has 20 heavy (non-hydrogen) atoms. The first-order valence-electron chi connectivity index (χ1n) is 6.24. The lowest BCUT2D eigenvalue weighted by atomic mass is 9.89. The molecule has 0 aliphatic rings. The summed E-state index contributed by atoms with van der Waals surface area (Å²) >= 11 is 0. The molecule has 4 heteroatoms. The highest BCUT2D eigenvalue weighted by Crippen LogP contribution is 2.29. The maximum Gasteiger partial charge on any atom is 0.168 e. The second kappa shape index (κ2) is 5.59. The summed E-state index contributed by atoms with van der Waals surface area (Å²) in [5.41, 5.74) is -0.645. The third-order valence-electron chi connectivity index (χ3n) is 3.24. The molecule has 0 saturated heterocycles. The van der Waals surface area contributed by atoms with Crippen LogP contribution in [0.5, 0.6) is 5.75 Å². The van der Waals surface area contributed by atoms with E-state index in [1.54, 1.807) is 18.2 Å². The van der Waals surface area contributed by atoms with E-state index in [1.807, 2.05) is 0 Å². The molecule has 0 amide bonds. The molecule has 0 aliphatic heterocycles. The van der Waals surface area contributed by atoms with E-state index < -0.39 is 17.2 Å². The van der Waals surface area contributed by atoms with Crippen LogP contribution in [0.4, 0.5) is 8.78 Å². The zero-order valence-electron chi connectivity index (χ0n) is 11.4. The molecule has 2 aromatic carbocycles. The van der Waals surface area contributed by atoms with E-state index in [4.69, 9.17) is 4.74 Å². The standard InChI is InChI=1S/C16H16F2O2/c1-16(19,12-6-4-7-13(17)9-12)10-11-5-3-8-14(20-2)15(11)18/h3-9,19H,10H2,1-2H3. The van der Waals surface area contributed by atoms with E-state index in [9.17, 15) is 13.9 Å². The van der Waals surface area contributed by atoms with Crippen molar-refractivity contribution in [3.8, 4) is 5.75 Å². The average molecular weight is 278 g/mol. The zero-order valence-corrected chi connectivity index (χ0v) is 11.4. The maximum atomic E-state index is 14.1. The lowest BCUT2D eigenvalue weighted by Gasteiger charge is -2.24. The van der Waals surface area contributed by atoms with Gasteiger partial charge in [0.25, 0.3) is 0 Å². The summed E-state index contributed by atoms with van der Waals surface area (Å²) < 4.78 is 32.2. The zero-order chi connectivity index (χ0) is 14.8. The van der Waals surface area contributed by atoms with E-state index in [2.05, 4.69) is 0 Å². The van der Waals surface area contributed by atoms with Crippen LogP contribution in [-0.2, 0) is 12.0 Å².